The van der Waals surface area contributed by atoms with E-state index in [1.54, 1.807) is 0 Å². The molecule has 7 nitrogen and oxygen atoms in total. The van der Waals surface area contributed by atoms with Crippen molar-refractivity contribution in [3.05, 3.63) is 41.2 Å². The van der Waals surface area contributed by atoms with Gasteiger partial charge in [-0.3, -0.25) is 10.1 Å². The van der Waals surface area contributed by atoms with Crippen molar-refractivity contribution in [2.24, 2.45) is 5.16 Å². The molecule has 2 aromatic rings. The molecule has 0 spiro atoms. The maximum Gasteiger partial charge on any atom is 0.280 e. The Morgan fingerprint density at radius 3 is 2.45 bits per heavy atom. The summed E-state index contributed by atoms with van der Waals surface area (Å²) in [6.45, 7) is 0. The number of oxime groups is 1. The molecule has 4 rings (SSSR count). The zero-order valence-electron chi connectivity index (χ0n) is 15.5. The van der Waals surface area contributed by atoms with E-state index in [2.05, 4.69) is 15.5 Å². The average molecular weight is 438 g/mol. The highest BCUT2D eigenvalue weighted by atomic mass is 32.2. The van der Waals surface area contributed by atoms with Crippen molar-refractivity contribution in [2.45, 2.75) is 54.8 Å². The van der Waals surface area contributed by atoms with E-state index in [0.717, 1.165) is 31.9 Å². The fourth-order valence-corrected chi connectivity index (χ4v) is 5.38. The molecule has 154 valence electrons. The second-order valence-corrected chi connectivity index (χ2v) is 10.4. The molecular weight excluding hydrogens is 417 g/mol. The van der Waals surface area contributed by atoms with Crippen LogP contribution < -0.4 is 5.32 Å². The number of nitrogens with one attached hydrogen (secondary N) is 1. The van der Waals surface area contributed by atoms with Gasteiger partial charge in [-0.25, -0.2) is 13.4 Å². The summed E-state index contributed by atoms with van der Waals surface area (Å²) >= 11 is 0.703. The number of thiazole rings is 1. The summed E-state index contributed by atoms with van der Waals surface area (Å²) in [5.41, 5.74) is 0.398. The van der Waals surface area contributed by atoms with Crippen LogP contribution in [0.4, 0.5) is 9.52 Å². The lowest BCUT2D eigenvalue weighted by Crippen LogP contribution is -2.25. The summed E-state index contributed by atoms with van der Waals surface area (Å²) in [5.74, 6) is -0.602. The van der Waals surface area contributed by atoms with Gasteiger partial charge in [-0.2, -0.15) is 4.39 Å². The van der Waals surface area contributed by atoms with Crippen LogP contribution in [-0.2, 0) is 19.5 Å². The number of rotatable bonds is 7. The molecule has 0 unspecified atom stereocenters. The predicted octanol–water partition coefficient (Wildman–Crippen LogP) is 3.52. The molecule has 2 aliphatic carbocycles. The zero-order chi connectivity index (χ0) is 20.4. The lowest BCUT2D eigenvalue weighted by molar-refractivity contribution is -0.110. The third-order valence-electron chi connectivity index (χ3n) is 4.93. The number of hydrogen-bond donors (Lipinski definition) is 1. The van der Waals surface area contributed by atoms with Gasteiger partial charge in [-0.1, -0.05) is 28.6 Å². The van der Waals surface area contributed by atoms with Crippen molar-refractivity contribution in [1.82, 2.24) is 4.98 Å². The second-order valence-electron chi connectivity index (χ2n) is 7.14. The van der Waals surface area contributed by atoms with Gasteiger partial charge in [-0.05, 0) is 50.7 Å². The maximum absolute atomic E-state index is 13.2. The fourth-order valence-electron chi connectivity index (χ4n) is 3.19. The Morgan fingerprint density at radius 1 is 1.17 bits per heavy atom. The molecule has 1 heterocycles. The smallest absolute Gasteiger partial charge is 0.280 e. The SMILES string of the molecule is O=C(Nc1ncc(F)s1)/C(=N/OC1CCCC1)c1ccc(S(=O)(=O)C2CC2)cc1. The van der Waals surface area contributed by atoms with Crippen LogP contribution in [-0.4, -0.2) is 36.4 Å². The molecule has 2 fully saturated rings. The zero-order valence-corrected chi connectivity index (χ0v) is 17.1. The number of halogens is 1. The van der Waals surface area contributed by atoms with Gasteiger partial charge in [0.2, 0.25) is 0 Å². The van der Waals surface area contributed by atoms with Gasteiger partial charge in [0.05, 0.1) is 16.3 Å². The van der Waals surface area contributed by atoms with Crippen molar-refractivity contribution in [1.29, 1.82) is 0 Å². The van der Waals surface area contributed by atoms with E-state index in [4.69, 9.17) is 4.84 Å². The quantitative estimate of drug-likeness (QED) is 0.528. The van der Waals surface area contributed by atoms with Crippen LogP contribution in [0.3, 0.4) is 0 Å². The molecule has 1 aromatic carbocycles. The molecule has 1 aromatic heterocycles. The lowest BCUT2D eigenvalue weighted by atomic mass is 10.1. The molecule has 2 saturated carbocycles. The van der Waals surface area contributed by atoms with Crippen LogP contribution in [0.1, 0.15) is 44.1 Å². The number of carbonyl (C=O) groups is 1. The Kier molecular flexibility index (Phi) is 5.64. The topological polar surface area (TPSA) is 97.7 Å². The van der Waals surface area contributed by atoms with Crippen molar-refractivity contribution >= 4 is 37.9 Å². The minimum absolute atomic E-state index is 0.0112. The fraction of sp³-hybridized carbons (Fsp3) is 0.421. The lowest BCUT2D eigenvalue weighted by Gasteiger charge is -2.11. The Morgan fingerprint density at radius 2 is 1.86 bits per heavy atom. The van der Waals surface area contributed by atoms with Gasteiger partial charge >= 0.3 is 0 Å². The van der Waals surface area contributed by atoms with E-state index in [1.165, 1.54) is 24.3 Å². The highest BCUT2D eigenvalue weighted by molar-refractivity contribution is 7.92. The largest absolute Gasteiger partial charge is 0.392 e. The minimum atomic E-state index is -3.32. The van der Waals surface area contributed by atoms with Gasteiger partial charge in [0.25, 0.3) is 5.91 Å². The van der Waals surface area contributed by atoms with Gasteiger partial charge < -0.3 is 4.84 Å². The highest BCUT2D eigenvalue weighted by Gasteiger charge is 2.36. The van der Waals surface area contributed by atoms with Crippen molar-refractivity contribution < 1.29 is 22.4 Å². The first-order valence-electron chi connectivity index (χ1n) is 9.44. The van der Waals surface area contributed by atoms with Crippen LogP contribution in [0.2, 0.25) is 0 Å². The van der Waals surface area contributed by atoms with Crippen molar-refractivity contribution in [2.75, 3.05) is 5.32 Å². The van der Waals surface area contributed by atoms with Gasteiger partial charge in [0.15, 0.2) is 25.8 Å². The molecule has 0 atom stereocenters. The Bertz CT molecular complexity index is 1020. The number of benzene rings is 1. The predicted molar refractivity (Wildman–Crippen MR) is 107 cm³/mol. The summed E-state index contributed by atoms with van der Waals surface area (Å²) in [7, 11) is -3.32. The van der Waals surface area contributed by atoms with Gasteiger partial charge in [0, 0.05) is 5.56 Å². The average Bonchev–Trinajstić information content (AvgIpc) is 3.31. The Labute approximate surface area is 171 Å². The third kappa shape index (κ3) is 4.64. The van der Waals surface area contributed by atoms with Crippen molar-refractivity contribution in [3.8, 4) is 0 Å². The summed E-state index contributed by atoms with van der Waals surface area (Å²) in [6, 6.07) is 6.02. The highest BCUT2D eigenvalue weighted by Crippen LogP contribution is 2.33. The molecule has 10 heteroatoms. The minimum Gasteiger partial charge on any atom is -0.392 e. The maximum atomic E-state index is 13.2. The van der Waals surface area contributed by atoms with E-state index in [-0.39, 0.29) is 27.1 Å². The molecule has 2 aliphatic rings. The number of amides is 1. The molecule has 0 aliphatic heterocycles. The first-order chi connectivity index (χ1) is 13.9. The van der Waals surface area contributed by atoms with E-state index in [0.29, 0.717) is 29.7 Å². The standard InChI is InChI=1S/C19H20FN3O4S2/c20-16-11-21-19(28-16)22-18(24)17(23-27-13-3-1-2-4-13)12-5-7-14(8-6-12)29(25,26)15-9-10-15/h5-8,11,13,15H,1-4,9-10H2,(H,21,22,24)/b23-17+. The number of aromatic nitrogens is 1. The number of hydrogen-bond acceptors (Lipinski definition) is 7. The van der Waals surface area contributed by atoms with Crippen LogP contribution >= 0.6 is 11.3 Å². The van der Waals surface area contributed by atoms with E-state index in [1.807, 2.05) is 0 Å². The summed E-state index contributed by atoms with van der Waals surface area (Å²) in [4.78, 5) is 22.3. The van der Waals surface area contributed by atoms with Crippen LogP contribution in [0.25, 0.3) is 0 Å². The number of anilines is 1. The number of nitrogens with zero attached hydrogens (tertiary/aromatic N) is 2. The molecule has 1 amide bonds. The molecular formula is C19H20FN3O4S2. The molecule has 1 N–H and O–H groups in total. The number of carbonyl (C=O) groups excluding carboxylic acids is 1. The van der Waals surface area contributed by atoms with E-state index < -0.39 is 20.9 Å². The van der Waals surface area contributed by atoms with Crippen molar-refractivity contribution in [3.63, 3.8) is 0 Å². The molecule has 0 saturated heterocycles. The first-order valence-corrected chi connectivity index (χ1v) is 11.8. The second kappa shape index (κ2) is 8.19. The summed E-state index contributed by atoms with van der Waals surface area (Å²) in [6.07, 6.45) is 6.16. The Balaban J connectivity index is 1.58. The monoisotopic (exact) mass is 437 g/mol. The first kappa shape index (κ1) is 20.0. The van der Waals surface area contributed by atoms with E-state index >= 15 is 0 Å². The molecule has 29 heavy (non-hydrogen) atoms. The van der Waals surface area contributed by atoms with Gasteiger partial charge in [0.1, 0.15) is 6.10 Å². The van der Waals surface area contributed by atoms with Crippen LogP contribution in [0.5, 0.6) is 0 Å². The normalized spacial score (nSPS) is 18.0. The number of sulfone groups is 1. The summed E-state index contributed by atoms with van der Waals surface area (Å²) < 4.78 is 37.9. The summed E-state index contributed by atoms with van der Waals surface area (Å²) in [5, 5.41) is 5.84. The van der Waals surface area contributed by atoms with Crippen LogP contribution in [0.15, 0.2) is 40.5 Å². The molecule has 0 bridgehead atoms. The third-order valence-corrected chi connectivity index (χ3v) is 7.91. The van der Waals surface area contributed by atoms with E-state index in [9.17, 15) is 17.6 Å². The van der Waals surface area contributed by atoms with Gasteiger partial charge in [-0.15, -0.1) is 0 Å². The van der Waals surface area contributed by atoms with Crippen LogP contribution in [0, 0.1) is 5.13 Å². The molecule has 0 radical (unpaired) electrons. The Hall–Kier alpha value is -2.33.